The number of aliphatic hydroxyl groups is 1. The minimum absolute atomic E-state index is 0.00425. The molecule has 1 fully saturated rings. The number of fused-ring (bicyclic) bond motifs is 1. The minimum atomic E-state index is -4.05. The number of ether oxygens (including phenoxy) is 3. The lowest BCUT2D eigenvalue weighted by atomic mass is 9.81. The predicted molar refractivity (Wildman–Crippen MR) is 95.2 cm³/mol. The van der Waals surface area contributed by atoms with Crippen molar-refractivity contribution >= 4 is 16.0 Å². The minimum Gasteiger partial charge on any atom is -0.467 e. The third-order valence-electron chi connectivity index (χ3n) is 4.65. The Hall–Kier alpha value is -1.78. The van der Waals surface area contributed by atoms with Crippen molar-refractivity contribution in [1.29, 1.82) is 0 Å². The fraction of sp³-hybridized carbons (Fsp3) is 0.500. The molecular weight excluding hydrogens is 374 g/mol. The van der Waals surface area contributed by atoms with Crippen LogP contribution in [0.4, 0.5) is 0 Å². The molecule has 1 saturated heterocycles. The molecule has 0 saturated carbocycles. The summed E-state index contributed by atoms with van der Waals surface area (Å²) < 4.78 is 44.6. The van der Waals surface area contributed by atoms with Gasteiger partial charge in [0.05, 0.1) is 24.2 Å². The summed E-state index contributed by atoms with van der Waals surface area (Å²) in [7, 11) is -2.89. The normalized spacial score (nSPS) is 32.1. The van der Waals surface area contributed by atoms with Crippen LogP contribution in [0, 0.1) is 6.92 Å². The zero-order valence-electron chi connectivity index (χ0n) is 15.5. The first-order valence-electron chi connectivity index (χ1n) is 8.44. The van der Waals surface area contributed by atoms with Gasteiger partial charge in [-0.2, -0.15) is 0 Å². The number of hydrogen-bond donors (Lipinski definition) is 2. The maximum atomic E-state index is 12.9. The Balaban J connectivity index is 2.04. The molecule has 1 aromatic rings. The lowest BCUT2D eigenvalue weighted by molar-refractivity contribution is -0.195. The molecule has 148 valence electrons. The van der Waals surface area contributed by atoms with E-state index in [1.807, 2.05) is 6.92 Å². The van der Waals surface area contributed by atoms with E-state index in [0.29, 0.717) is 0 Å². The highest BCUT2D eigenvalue weighted by molar-refractivity contribution is 7.89. The molecule has 27 heavy (non-hydrogen) atoms. The topological polar surface area (TPSA) is 111 Å². The summed E-state index contributed by atoms with van der Waals surface area (Å²) >= 11 is 0. The molecule has 9 heteroatoms. The number of aliphatic hydroxyl groups excluding tert-OH is 1. The van der Waals surface area contributed by atoms with Gasteiger partial charge in [0.15, 0.2) is 5.79 Å². The van der Waals surface area contributed by atoms with E-state index in [1.54, 1.807) is 26.0 Å². The predicted octanol–water partition coefficient (Wildman–Crippen LogP) is 0.636. The van der Waals surface area contributed by atoms with E-state index in [4.69, 9.17) is 14.2 Å². The van der Waals surface area contributed by atoms with E-state index in [9.17, 15) is 18.3 Å². The molecular formula is C18H23NO7S. The Kier molecular flexibility index (Phi) is 4.94. The van der Waals surface area contributed by atoms with Gasteiger partial charge in [0, 0.05) is 0 Å². The van der Waals surface area contributed by atoms with Crippen LogP contribution in [-0.4, -0.2) is 56.2 Å². The van der Waals surface area contributed by atoms with Crippen molar-refractivity contribution in [3.63, 3.8) is 0 Å². The number of nitrogens with one attached hydrogen (secondary N) is 1. The van der Waals surface area contributed by atoms with Gasteiger partial charge in [0.2, 0.25) is 15.6 Å². The van der Waals surface area contributed by atoms with Gasteiger partial charge in [0.1, 0.15) is 6.10 Å². The lowest BCUT2D eigenvalue weighted by Crippen LogP contribution is -2.68. The first kappa shape index (κ1) is 20.0. The third-order valence-corrected chi connectivity index (χ3v) is 6.11. The van der Waals surface area contributed by atoms with Gasteiger partial charge in [-0.15, -0.1) is 0 Å². The molecule has 3 rings (SSSR count). The van der Waals surface area contributed by atoms with E-state index < -0.39 is 45.6 Å². The number of hydrogen-bond acceptors (Lipinski definition) is 7. The molecule has 0 bridgehead atoms. The summed E-state index contributed by atoms with van der Waals surface area (Å²) in [5.41, 5.74) is -0.959. The van der Waals surface area contributed by atoms with Crippen molar-refractivity contribution in [3.05, 3.63) is 42.0 Å². The molecule has 1 aromatic carbocycles. The largest absolute Gasteiger partial charge is 0.467 e. The van der Waals surface area contributed by atoms with Gasteiger partial charge in [-0.05, 0) is 32.9 Å². The second-order valence-electron chi connectivity index (χ2n) is 7.11. The van der Waals surface area contributed by atoms with Crippen molar-refractivity contribution in [3.8, 4) is 0 Å². The first-order chi connectivity index (χ1) is 12.5. The number of carbonyl (C=O) groups is 1. The van der Waals surface area contributed by atoms with Crippen molar-refractivity contribution in [2.45, 2.75) is 55.3 Å². The van der Waals surface area contributed by atoms with E-state index in [2.05, 4.69) is 4.72 Å². The van der Waals surface area contributed by atoms with Gasteiger partial charge in [-0.25, -0.2) is 17.9 Å². The molecule has 0 spiro atoms. The van der Waals surface area contributed by atoms with Crippen molar-refractivity contribution in [2.75, 3.05) is 7.11 Å². The highest BCUT2D eigenvalue weighted by Gasteiger charge is 2.66. The van der Waals surface area contributed by atoms with Crippen LogP contribution in [0.2, 0.25) is 0 Å². The standard InChI is InChI=1S/C18H23NO7S/c1-11-5-7-12(8-6-11)27(22,23)19-15-13(20)9-10-14-18(15,16(21)24-4)26-17(2,3)25-14/h5-10,13-15,19-20H,1-4H3/t13-,14+,15+,18+/m0/s1. The summed E-state index contributed by atoms with van der Waals surface area (Å²) in [5, 5.41) is 10.5. The Morgan fingerprint density at radius 3 is 2.44 bits per heavy atom. The van der Waals surface area contributed by atoms with Crippen LogP contribution in [0.3, 0.4) is 0 Å². The maximum Gasteiger partial charge on any atom is 0.343 e. The SMILES string of the molecule is COC(=O)[C@@]12OC(C)(C)O[C@@H]1C=C[C@H](O)[C@H]2NS(=O)(=O)c1ccc(C)cc1. The van der Waals surface area contributed by atoms with Crippen LogP contribution in [0.1, 0.15) is 19.4 Å². The number of esters is 1. The average Bonchev–Trinajstić information content (AvgIpc) is 2.89. The smallest absolute Gasteiger partial charge is 0.343 e. The highest BCUT2D eigenvalue weighted by Crippen LogP contribution is 2.44. The van der Waals surface area contributed by atoms with E-state index in [1.165, 1.54) is 31.4 Å². The van der Waals surface area contributed by atoms with Crippen LogP contribution in [-0.2, 0) is 29.0 Å². The second-order valence-corrected chi connectivity index (χ2v) is 8.83. The molecule has 2 N–H and O–H groups in total. The molecule has 1 heterocycles. The molecule has 8 nitrogen and oxygen atoms in total. The third kappa shape index (κ3) is 3.41. The highest BCUT2D eigenvalue weighted by atomic mass is 32.2. The van der Waals surface area contributed by atoms with Crippen LogP contribution >= 0.6 is 0 Å². The zero-order chi connectivity index (χ0) is 20.0. The number of carbonyl (C=O) groups excluding carboxylic acids is 1. The molecule has 1 aliphatic carbocycles. The molecule has 4 atom stereocenters. The van der Waals surface area contributed by atoms with Gasteiger partial charge in [-0.3, -0.25) is 0 Å². The van der Waals surface area contributed by atoms with E-state index in [0.717, 1.165) is 5.56 Å². The van der Waals surface area contributed by atoms with Gasteiger partial charge in [-0.1, -0.05) is 29.8 Å². The molecule has 0 radical (unpaired) electrons. The summed E-state index contributed by atoms with van der Waals surface area (Å²) in [4.78, 5) is 12.7. The fourth-order valence-electron chi connectivity index (χ4n) is 3.44. The quantitative estimate of drug-likeness (QED) is 0.566. The van der Waals surface area contributed by atoms with Crippen LogP contribution in [0.25, 0.3) is 0 Å². The number of benzene rings is 1. The van der Waals surface area contributed by atoms with Gasteiger partial charge < -0.3 is 19.3 Å². The molecule has 0 amide bonds. The summed E-state index contributed by atoms with van der Waals surface area (Å²) in [5.74, 6) is -2.01. The monoisotopic (exact) mass is 397 g/mol. The van der Waals surface area contributed by atoms with Gasteiger partial charge >= 0.3 is 5.97 Å². The Morgan fingerprint density at radius 2 is 1.85 bits per heavy atom. The number of sulfonamides is 1. The van der Waals surface area contributed by atoms with Crippen molar-refractivity contribution in [2.24, 2.45) is 0 Å². The lowest BCUT2D eigenvalue weighted by Gasteiger charge is -2.40. The van der Waals surface area contributed by atoms with Crippen LogP contribution < -0.4 is 4.72 Å². The van der Waals surface area contributed by atoms with Crippen molar-refractivity contribution in [1.82, 2.24) is 4.72 Å². The maximum absolute atomic E-state index is 12.9. The van der Waals surface area contributed by atoms with Crippen LogP contribution in [0.15, 0.2) is 41.3 Å². The van der Waals surface area contributed by atoms with Crippen LogP contribution in [0.5, 0.6) is 0 Å². The fourth-order valence-corrected chi connectivity index (χ4v) is 4.72. The molecule has 0 unspecified atom stereocenters. The second kappa shape index (κ2) is 6.68. The van der Waals surface area contributed by atoms with E-state index >= 15 is 0 Å². The summed E-state index contributed by atoms with van der Waals surface area (Å²) in [6.07, 6.45) is 0.610. The zero-order valence-corrected chi connectivity index (χ0v) is 16.3. The summed E-state index contributed by atoms with van der Waals surface area (Å²) in [6, 6.07) is 4.86. The Morgan fingerprint density at radius 1 is 1.22 bits per heavy atom. The Bertz CT molecular complexity index is 862. The molecule has 2 aliphatic rings. The van der Waals surface area contributed by atoms with Gasteiger partial charge in [0.25, 0.3) is 0 Å². The summed E-state index contributed by atoms with van der Waals surface area (Å²) in [6.45, 7) is 5.03. The molecule has 1 aliphatic heterocycles. The number of methoxy groups -OCH3 is 1. The first-order valence-corrected chi connectivity index (χ1v) is 9.92. The number of aryl methyl sites for hydroxylation is 1. The molecule has 0 aromatic heterocycles. The number of rotatable bonds is 4. The Labute approximate surface area is 158 Å². The van der Waals surface area contributed by atoms with Crippen molar-refractivity contribution < 1.29 is 32.5 Å². The average molecular weight is 397 g/mol. The van der Waals surface area contributed by atoms with E-state index in [-0.39, 0.29) is 4.90 Å².